The van der Waals surface area contributed by atoms with Gasteiger partial charge in [-0.1, -0.05) is 29.5 Å². The minimum absolute atomic E-state index is 0.0202. The molecule has 1 atom stereocenters. The third-order valence-corrected chi connectivity index (χ3v) is 8.28. The zero-order valence-electron chi connectivity index (χ0n) is 18.4. The molecule has 6 nitrogen and oxygen atoms in total. The molecule has 2 aromatic heterocycles. The molecular formula is C24H27N3O3S2. The lowest BCUT2D eigenvalue weighted by atomic mass is 9.97. The number of fused-ring (bicyclic) bond motifs is 3. The summed E-state index contributed by atoms with van der Waals surface area (Å²) in [6.07, 6.45) is 4.30. The molecule has 0 bridgehead atoms. The Bertz CT molecular complexity index is 1220. The molecule has 1 fully saturated rings. The second-order valence-electron chi connectivity index (χ2n) is 8.57. The number of carbonyl (C=O) groups excluding carboxylic acids is 1. The zero-order valence-corrected chi connectivity index (χ0v) is 20.1. The number of carbonyl (C=O) groups is 1. The van der Waals surface area contributed by atoms with Crippen LogP contribution in [-0.4, -0.2) is 51.9 Å². The van der Waals surface area contributed by atoms with Gasteiger partial charge < -0.3 is 9.64 Å². The molecule has 1 unspecified atom stereocenters. The number of aryl methyl sites for hydroxylation is 3. The largest absolute Gasteiger partial charge is 0.375 e. The molecule has 1 aliphatic carbocycles. The Morgan fingerprint density at radius 3 is 2.81 bits per heavy atom. The highest BCUT2D eigenvalue weighted by atomic mass is 32.2. The van der Waals surface area contributed by atoms with E-state index in [1.54, 1.807) is 15.9 Å². The van der Waals surface area contributed by atoms with E-state index in [9.17, 15) is 9.59 Å². The Hall–Kier alpha value is -2.16. The van der Waals surface area contributed by atoms with Crippen molar-refractivity contribution in [1.29, 1.82) is 0 Å². The van der Waals surface area contributed by atoms with Gasteiger partial charge in [0.15, 0.2) is 5.16 Å². The van der Waals surface area contributed by atoms with Crippen LogP contribution in [-0.2, 0) is 22.4 Å². The maximum Gasteiger partial charge on any atom is 0.267 e. The molecule has 1 aromatic carbocycles. The Kier molecular flexibility index (Phi) is 6.09. The van der Waals surface area contributed by atoms with Crippen LogP contribution in [0.25, 0.3) is 15.9 Å². The number of morpholine rings is 1. The van der Waals surface area contributed by atoms with E-state index < -0.39 is 0 Å². The summed E-state index contributed by atoms with van der Waals surface area (Å²) < 4.78 is 7.25. The van der Waals surface area contributed by atoms with Gasteiger partial charge in [0.2, 0.25) is 5.91 Å². The number of amides is 1. The van der Waals surface area contributed by atoms with E-state index in [2.05, 4.69) is 0 Å². The van der Waals surface area contributed by atoms with E-state index in [0.717, 1.165) is 40.7 Å². The predicted molar refractivity (Wildman–Crippen MR) is 129 cm³/mol. The van der Waals surface area contributed by atoms with E-state index in [1.165, 1.54) is 28.6 Å². The first-order chi connectivity index (χ1) is 15.5. The molecule has 1 amide bonds. The van der Waals surface area contributed by atoms with Crippen LogP contribution in [0.5, 0.6) is 0 Å². The number of aromatic nitrogens is 2. The topological polar surface area (TPSA) is 64.4 Å². The van der Waals surface area contributed by atoms with Crippen LogP contribution in [0, 0.1) is 6.92 Å². The molecule has 1 saturated heterocycles. The molecule has 32 heavy (non-hydrogen) atoms. The maximum atomic E-state index is 13.8. The van der Waals surface area contributed by atoms with Crippen molar-refractivity contribution >= 4 is 39.2 Å². The Morgan fingerprint density at radius 2 is 2.03 bits per heavy atom. The lowest BCUT2D eigenvalue weighted by molar-refractivity contribution is -0.135. The number of benzene rings is 1. The number of hydrogen-bond acceptors (Lipinski definition) is 6. The van der Waals surface area contributed by atoms with Gasteiger partial charge in [0, 0.05) is 18.0 Å². The molecule has 5 rings (SSSR count). The standard InChI is InChI=1S/C24H27N3O3S2/c1-15-7-9-17(10-8-15)27-23(29)21-18-5-3-4-6-19(18)32-22(21)25-24(27)31-14-20(28)26-11-12-30-16(2)13-26/h7-10,16H,3-6,11-14H2,1-2H3. The van der Waals surface area contributed by atoms with Gasteiger partial charge in [-0.25, -0.2) is 4.98 Å². The summed E-state index contributed by atoms with van der Waals surface area (Å²) in [6.45, 7) is 5.79. The van der Waals surface area contributed by atoms with Crippen molar-refractivity contribution in [2.24, 2.45) is 0 Å². The summed E-state index contributed by atoms with van der Waals surface area (Å²) in [5, 5.41) is 1.35. The number of nitrogens with zero attached hydrogens (tertiary/aromatic N) is 3. The molecule has 0 radical (unpaired) electrons. The van der Waals surface area contributed by atoms with Gasteiger partial charge in [0.25, 0.3) is 5.56 Å². The Morgan fingerprint density at radius 1 is 1.25 bits per heavy atom. The number of ether oxygens (including phenoxy) is 1. The number of rotatable bonds is 4. The second-order valence-corrected chi connectivity index (χ2v) is 10.6. The van der Waals surface area contributed by atoms with Crippen molar-refractivity contribution in [1.82, 2.24) is 14.5 Å². The van der Waals surface area contributed by atoms with Gasteiger partial charge in [0.1, 0.15) is 4.83 Å². The van der Waals surface area contributed by atoms with Crippen molar-refractivity contribution in [3.8, 4) is 5.69 Å². The van der Waals surface area contributed by atoms with Crippen molar-refractivity contribution < 1.29 is 9.53 Å². The lowest BCUT2D eigenvalue weighted by Crippen LogP contribution is -2.45. The van der Waals surface area contributed by atoms with Gasteiger partial charge in [-0.05, 0) is 57.2 Å². The van der Waals surface area contributed by atoms with Crippen LogP contribution in [0.1, 0.15) is 35.8 Å². The van der Waals surface area contributed by atoms with E-state index in [-0.39, 0.29) is 23.3 Å². The Balaban J connectivity index is 1.54. The zero-order chi connectivity index (χ0) is 22.2. The maximum absolute atomic E-state index is 13.8. The van der Waals surface area contributed by atoms with Crippen LogP contribution in [0.4, 0.5) is 0 Å². The van der Waals surface area contributed by atoms with Crippen LogP contribution in [0.2, 0.25) is 0 Å². The van der Waals surface area contributed by atoms with Crippen molar-refractivity contribution in [3.05, 3.63) is 50.6 Å². The van der Waals surface area contributed by atoms with Crippen LogP contribution >= 0.6 is 23.1 Å². The molecule has 3 heterocycles. The van der Waals surface area contributed by atoms with Gasteiger partial charge in [0.05, 0.1) is 29.5 Å². The first-order valence-corrected chi connectivity index (χ1v) is 13.0. The average Bonchev–Trinajstić information content (AvgIpc) is 3.17. The first kappa shape index (κ1) is 21.7. The van der Waals surface area contributed by atoms with Gasteiger partial charge in [-0.15, -0.1) is 11.3 Å². The van der Waals surface area contributed by atoms with E-state index >= 15 is 0 Å². The smallest absolute Gasteiger partial charge is 0.267 e. The molecule has 0 saturated carbocycles. The summed E-state index contributed by atoms with van der Waals surface area (Å²) in [7, 11) is 0. The molecule has 0 spiro atoms. The fraction of sp³-hybridized carbons (Fsp3) is 0.458. The summed E-state index contributed by atoms with van der Waals surface area (Å²) in [5.41, 5.74) is 3.09. The van der Waals surface area contributed by atoms with E-state index in [1.807, 2.05) is 43.0 Å². The van der Waals surface area contributed by atoms with Crippen molar-refractivity contribution in [3.63, 3.8) is 0 Å². The fourth-order valence-corrected chi connectivity index (χ4v) is 6.69. The van der Waals surface area contributed by atoms with Crippen LogP contribution < -0.4 is 5.56 Å². The summed E-state index contributed by atoms with van der Waals surface area (Å²) in [5.74, 6) is 0.308. The highest BCUT2D eigenvalue weighted by Gasteiger charge is 2.25. The normalized spacial score (nSPS) is 18.7. The van der Waals surface area contributed by atoms with Gasteiger partial charge in [-0.2, -0.15) is 0 Å². The lowest BCUT2D eigenvalue weighted by Gasteiger charge is -2.31. The highest BCUT2D eigenvalue weighted by molar-refractivity contribution is 7.99. The number of thiophene rings is 1. The van der Waals surface area contributed by atoms with Crippen molar-refractivity contribution in [2.45, 2.75) is 50.8 Å². The third kappa shape index (κ3) is 4.11. The molecule has 3 aromatic rings. The number of hydrogen-bond donors (Lipinski definition) is 0. The number of thioether (sulfide) groups is 1. The summed E-state index contributed by atoms with van der Waals surface area (Å²) in [4.78, 5) is 35.5. The monoisotopic (exact) mass is 469 g/mol. The minimum Gasteiger partial charge on any atom is -0.375 e. The molecule has 8 heteroatoms. The average molecular weight is 470 g/mol. The summed E-state index contributed by atoms with van der Waals surface area (Å²) >= 11 is 3.00. The molecule has 168 valence electrons. The van der Waals surface area contributed by atoms with Crippen LogP contribution in [0.3, 0.4) is 0 Å². The quantitative estimate of drug-likeness (QED) is 0.427. The first-order valence-electron chi connectivity index (χ1n) is 11.2. The van der Waals surface area contributed by atoms with Crippen LogP contribution in [0.15, 0.2) is 34.2 Å². The SMILES string of the molecule is Cc1ccc(-n2c(SCC(=O)N3CCOC(C)C3)nc3sc4c(c3c2=O)CCCC4)cc1. The Labute approximate surface area is 195 Å². The van der Waals surface area contributed by atoms with E-state index in [4.69, 9.17) is 9.72 Å². The predicted octanol–water partition coefficient (Wildman–Crippen LogP) is 3.97. The third-order valence-electron chi connectivity index (χ3n) is 6.17. The second kappa shape index (κ2) is 9.00. The molecule has 1 aliphatic heterocycles. The van der Waals surface area contributed by atoms with E-state index in [0.29, 0.717) is 24.9 Å². The van der Waals surface area contributed by atoms with Gasteiger partial charge in [-0.3, -0.25) is 14.2 Å². The molecule has 2 aliphatic rings. The minimum atomic E-state index is -0.0202. The molecule has 0 N–H and O–H groups in total. The highest BCUT2D eigenvalue weighted by Crippen LogP contribution is 2.35. The molecular weight excluding hydrogens is 442 g/mol. The summed E-state index contributed by atoms with van der Waals surface area (Å²) in [6, 6.07) is 7.92. The fourth-order valence-electron chi connectivity index (χ4n) is 4.47. The van der Waals surface area contributed by atoms with Crippen molar-refractivity contribution in [2.75, 3.05) is 25.4 Å². The van der Waals surface area contributed by atoms with Gasteiger partial charge >= 0.3 is 0 Å².